The van der Waals surface area contributed by atoms with Gasteiger partial charge in [0.15, 0.2) is 0 Å². The molecule has 0 heterocycles. The van der Waals surface area contributed by atoms with Crippen LogP contribution in [-0.2, 0) is 11.2 Å². The van der Waals surface area contributed by atoms with E-state index in [0.717, 1.165) is 35.5 Å². The first-order chi connectivity index (χ1) is 15.6. The molecule has 0 fully saturated rings. The summed E-state index contributed by atoms with van der Waals surface area (Å²) in [6, 6.07) is 23.3. The van der Waals surface area contributed by atoms with Crippen LogP contribution in [0.1, 0.15) is 24.5 Å². The second-order valence-electron chi connectivity index (χ2n) is 7.15. The lowest BCUT2D eigenvalue weighted by Crippen LogP contribution is -2.30. The largest absolute Gasteiger partial charge is 0.490 e. The van der Waals surface area contributed by atoms with Gasteiger partial charge in [-0.3, -0.25) is 10.7 Å². The van der Waals surface area contributed by atoms with Gasteiger partial charge in [0.05, 0.1) is 7.11 Å². The highest BCUT2D eigenvalue weighted by Gasteiger charge is 2.07. The van der Waals surface area contributed by atoms with Crippen LogP contribution in [-0.4, -0.2) is 32.3 Å². The highest BCUT2D eigenvalue weighted by molar-refractivity contribution is 6.04. The van der Waals surface area contributed by atoms with Crippen molar-refractivity contribution < 1.29 is 19.0 Å². The lowest BCUT2D eigenvalue weighted by molar-refractivity contribution is 0.177. The number of alkyl carbamates (subject to hydrolysis) is 1. The maximum atomic E-state index is 11.2. The minimum atomic E-state index is -0.662. The number of methoxy groups -OCH3 is 1. The summed E-state index contributed by atoms with van der Waals surface area (Å²) in [5.41, 5.74) is 3.85. The number of benzene rings is 3. The molecule has 0 aliphatic heterocycles. The Balaban J connectivity index is 1.51. The molecule has 0 bridgehead atoms. The van der Waals surface area contributed by atoms with Gasteiger partial charge in [0.1, 0.15) is 30.5 Å². The van der Waals surface area contributed by atoms with Gasteiger partial charge >= 0.3 is 6.09 Å². The van der Waals surface area contributed by atoms with Gasteiger partial charge in [-0.1, -0.05) is 67.9 Å². The van der Waals surface area contributed by atoms with Crippen LogP contribution in [0, 0.1) is 5.41 Å². The first-order valence-corrected chi connectivity index (χ1v) is 10.6. The normalized spacial score (nSPS) is 10.3. The number of rotatable bonds is 9. The molecule has 0 unspecified atom stereocenters. The van der Waals surface area contributed by atoms with E-state index < -0.39 is 6.09 Å². The van der Waals surface area contributed by atoms with Crippen molar-refractivity contribution in [1.29, 1.82) is 5.41 Å². The van der Waals surface area contributed by atoms with E-state index in [1.165, 1.54) is 12.7 Å². The van der Waals surface area contributed by atoms with Gasteiger partial charge in [0.25, 0.3) is 0 Å². The van der Waals surface area contributed by atoms with Crippen LogP contribution in [0.4, 0.5) is 4.79 Å². The molecular weight excluding hydrogens is 404 g/mol. The Labute approximate surface area is 188 Å². The molecular formula is C26H28N2O4. The van der Waals surface area contributed by atoms with Crippen molar-refractivity contribution in [2.75, 3.05) is 20.3 Å². The van der Waals surface area contributed by atoms with Crippen molar-refractivity contribution in [3.63, 3.8) is 0 Å². The topological polar surface area (TPSA) is 80.6 Å². The van der Waals surface area contributed by atoms with Gasteiger partial charge in [-0.2, -0.15) is 0 Å². The summed E-state index contributed by atoms with van der Waals surface area (Å²) in [7, 11) is 1.26. The predicted octanol–water partition coefficient (Wildman–Crippen LogP) is 5.45. The minimum absolute atomic E-state index is 0.00770. The molecule has 3 aromatic rings. The maximum absolute atomic E-state index is 11.2. The minimum Gasteiger partial charge on any atom is -0.490 e. The summed E-state index contributed by atoms with van der Waals surface area (Å²) in [5.74, 6) is 1.69. The van der Waals surface area contributed by atoms with E-state index in [9.17, 15) is 4.79 Å². The third kappa shape index (κ3) is 6.35. The number of hydrogen-bond acceptors (Lipinski definition) is 5. The number of nitrogens with one attached hydrogen (secondary N) is 2. The van der Waals surface area contributed by atoms with Crippen molar-refractivity contribution >= 4 is 11.9 Å². The quantitative estimate of drug-likeness (QED) is 0.268. The highest BCUT2D eigenvalue weighted by atomic mass is 16.5. The molecule has 0 saturated heterocycles. The zero-order chi connectivity index (χ0) is 22.8. The summed E-state index contributed by atoms with van der Waals surface area (Å²) in [6.45, 7) is 3.10. The second-order valence-corrected chi connectivity index (χ2v) is 7.15. The van der Waals surface area contributed by atoms with E-state index in [1.54, 1.807) is 12.1 Å². The fourth-order valence-corrected chi connectivity index (χ4v) is 3.23. The Hall–Kier alpha value is -3.80. The van der Waals surface area contributed by atoms with E-state index in [4.69, 9.17) is 14.9 Å². The fourth-order valence-electron chi connectivity index (χ4n) is 3.23. The van der Waals surface area contributed by atoms with Gasteiger partial charge in [0, 0.05) is 5.56 Å². The van der Waals surface area contributed by atoms with Crippen LogP contribution in [0.2, 0.25) is 0 Å². The standard InChI is InChI=1S/C26H28N2O4/c1-3-6-21-7-4-5-8-24(21)32-18-17-31-23-15-13-20(14-16-23)19-9-11-22(12-10-19)25(27)28-26(29)30-2/h4-5,7-16H,3,6,17-18H2,1-2H3,(H2,27,28,29). The van der Waals surface area contributed by atoms with Gasteiger partial charge in [0.2, 0.25) is 0 Å². The maximum Gasteiger partial charge on any atom is 0.412 e. The molecule has 6 heteroatoms. The number of carbonyl (C=O) groups excluding carboxylic acids is 1. The predicted molar refractivity (Wildman–Crippen MR) is 126 cm³/mol. The summed E-state index contributed by atoms with van der Waals surface area (Å²) in [6.07, 6.45) is 1.42. The lowest BCUT2D eigenvalue weighted by atomic mass is 10.0. The molecule has 0 saturated carbocycles. The Bertz CT molecular complexity index is 1030. The first-order valence-electron chi connectivity index (χ1n) is 10.6. The lowest BCUT2D eigenvalue weighted by Gasteiger charge is -2.12. The Kier molecular flexibility index (Phi) is 8.26. The van der Waals surface area contributed by atoms with E-state index in [1.807, 2.05) is 54.6 Å². The molecule has 3 aromatic carbocycles. The zero-order valence-corrected chi connectivity index (χ0v) is 18.4. The summed E-state index contributed by atoms with van der Waals surface area (Å²) < 4.78 is 16.2. The van der Waals surface area contributed by atoms with Crippen LogP contribution in [0.15, 0.2) is 72.8 Å². The zero-order valence-electron chi connectivity index (χ0n) is 18.4. The Morgan fingerprint density at radius 1 is 0.875 bits per heavy atom. The van der Waals surface area contributed by atoms with Crippen LogP contribution < -0.4 is 14.8 Å². The molecule has 0 aliphatic rings. The summed E-state index contributed by atoms with van der Waals surface area (Å²) in [4.78, 5) is 11.2. The van der Waals surface area contributed by atoms with Crippen LogP contribution in [0.5, 0.6) is 11.5 Å². The van der Waals surface area contributed by atoms with Crippen molar-refractivity contribution in [2.45, 2.75) is 19.8 Å². The van der Waals surface area contributed by atoms with Crippen molar-refractivity contribution in [2.24, 2.45) is 0 Å². The van der Waals surface area contributed by atoms with Crippen molar-refractivity contribution in [3.05, 3.63) is 83.9 Å². The summed E-state index contributed by atoms with van der Waals surface area (Å²) in [5, 5.41) is 10.2. The van der Waals surface area contributed by atoms with Crippen LogP contribution in [0.3, 0.4) is 0 Å². The molecule has 3 rings (SSSR count). The average molecular weight is 433 g/mol. The van der Waals surface area contributed by atoms with Crippen LogP contribution in [0.25, 0.3) is 11.1 Å². The fraction of sp³-hybridized carbons (Fsp3) is 0.231. The number of carbonyl (C=O) groups is 1. The average Bonchev–Trinajstić information content (AvgIpc) is 2.83. The number of para-hydroxylation sites is 1. The van der Waals surface area contributed by atoms with E-state index in [0.29, 0.717) is 18.8 Å². The van der Waals surface area contributed by atoms with Gasteiger partial charge < -0.3 is 14.2 Å². The van der Waals surface area contributed by atoms with E-state index >= 15 is 0 Å². The third-order valence-corrected chi connectivity index (χ3v) is 4.88. The molecule has 0 spiro atoms. The molecule has 0 radical (unpaired) electrons. The smallest absolute Gasteiger partial charge is 0.412 e. The van der Waals surface area contributed by atoms with Crippen LogP contribution >= 0.6 is 0 Å². The Morgan fingerprint density at radius 3 is 2.16 bits per heavy atom. The molecule has 32 heavy (non-hydrogen) atoms. The monoisotopic (exact) mass is 432 g/mol. The number of hydrogen-bond donors (Lipinski definition) is 2. The number of aryl methyl sites for hydroxylation is 1. The third-order valence-electron chi connectivity index (χ3n) is 4.88. The molecule has 1 amide bonds. The van der Waals surface area contributed by atoms with Crippen molar-refractivity contribution in [3.8, 4) is 22.6 Å². The SMILES string of the molecule is CCCc1ccccc1OCCOc1ccc(-c2ccc(C(=N)NC(=O)OC)cc2)cc1. The molecule has 166 valence electrons. The van der Waals surface area contributed by atoms with Gasteiger partial charge in [-0.05, 0) is 41.3 Å². The first kappa shape index (κ1) is 22.9. The van der Waals surface area contributed by atoms with Gasteiger partial charge in [-0.15, -0.1) is 0 Å². The highest BCUT2D eigenvalue weighted by Crippen LogP contribution is 2.23. The van der Waals surface area contributed by atoms with E-state index in [2.05, 4.69) is 23.0 Å². The molecule has 0 aromatic heterocycles. The number of amides is 1. The number of amidine groups is 1. The summed E-state index contributed by atoms with van der Waals surface area (Å²) >= 11 is 0. The molecule has 0 aliphatic carbocycles. The number of ether oxygens (including phenoxy) is 3. The van der Waals surface area contributed by atoms with E-state index in [-0.39, 0.29) is 5.84 Å². The second kappa shape index (κ2) is 11.6. The molecule has 0 atom stereocenters. The van der Waals surface area contributed by atoms with Gasteiger partial charge in [-0.25, -0.2) is 4.79 Å². The van der Waals surface area contributed by atoms with Crippen molar-refractivity contribution in [1.82, 2.24) is 5.32 Å². The molecule has 6 nitrogen and oxygen atoms in total. The Morgan fingerprint density at radius 2 is 1.50 bits per heavy atom. The molecule has 2 N–H and O–H groups in total.